The maximum atomic E-state index is 13.3. The second-order valence-corrected chi connectivity index (χ2v) is 9.07. The van der Waals surface area contributed by atoms with Crippen LogP contribution in [0, 0.1) is 6.92 Å². The van der Waals surface area contributed by atoms with Gasteiger partial charge in [0.15, 0.2) is 0 Å². The highest BCUT2D eigenvalue weighted by Gasteiger charge is 2.28. The molecule has 0 unspecified atom stereocenters. The summed E-state index contributed by atoms with van der Waals surface area (Å²) in [6.07, 6.45) is 3.64. The van der Waals surface area contributed by atoms with Crippen LogP contribution in [0.3, 0.4) is 0 Å². The van der Waals surface area contributed by atoms with E-state index in [2.05, 4.69) is 21.8 Å². The summed E-state index contributed by atoms with van der Waals surface area (Å²) >= 11 is 12.3. The predicted octanol–water partition coefficient (Wildman–Crippen LogP) is 6.82. The lowest BCUT2D eigenvalue weighted by atomic mass is 10.0. The van der Waals surface area contributed by atoms with Crippen molar-refractivity contribution < 1.29 is 9.53 Å². The van der Waals surface area contributed by atoms with Gasteiger partial charge in [-0.15, -0.1) is 0 Å². The van der Waals surface area contributed by atoms with Crippen molar-refractivity contribution in [1.29, 1.82) is 0 Å². The molecule has 1 aliphatic heterocycles. The van der Waals surface area contributed by atoms with Crippen molar-refractivity contribution in [3.05, 3.63) is 111 Å². The Bertz CT molecular complexity index is 1440. The summed E-state index contributed by atoms with van der Waals surface area (Å²) in [5.74, 6) is 1.04. The molecule has 1 aliphatic rings. The Hall–Kier alpha value is -3.74. The first-order valence-electron chi connectivity index (χ1n) is 11.0. The fourth-order valence-electron chi connectivity index (χ4n) is 4.04. The van der Waals surface area contributed by atoms with Gasteiger partial charge in [-0.25, -0.2) is 4.68 Å². The van der Waals surface area contributed by atoms with Gasteiger partial charge in [0.1, 0.15) is 17.1 Å². The van der Waals surface area contributed by atoms with E-state index in [1.54, 1.807) is 30.1 Å². The number of aryl methyl sites for hydroxylation is 1. The normalized spacial score (nSPS) is 14.5. The molecule has 0 bridgehead atoms. The number of benzene rings is 3. The Morgan fingerprint density at radius 2 is 1.83 bits per heavy atom. The van der Waals surface area contributed by atoms with Gasteiger partial charge < -0.3 is 15.4 Å². The number of nitrogens with zero attached hydrogens (tertiary/aromatic N) is 2. The van der Waals surface area contributed by atoms with Gasteiger partial charge >= 0.3 is 0 Å². The molecular weight excluding hydrogens is 483 g/mol. The third-order valence-electron chi connectivity index (χ3n) is 5.92. The minimum Gasteiger partial charge on any atom is -0.497 e. The van der Waals surface area contributed by atoms with E-state index in [1.807, 2.05) is 61.5 Å². The van der Waals surface area contributed by atoms with Crippen LogP contribution in [-0.2, 0) is 0 Å². The molecule has 1 amide bonds. The van der Waals surface area contributed by atoms with Gasteiger partial charge in [0.2, 0.25) is 0 Å². The smallest absolute Gasteiger partial charge is 0.261 e. The van der Waals surface area contributed by atoms with Crippen molar-refractivity contribution >= 4 is 46.3 Å². The second-order valence-electron chi connectivity index (χ2n) is 8.20. The van der Waals surface area contributed by atoms with Gasteiger partial charge in [0.05, 0.1) is 19.3 Å². The summed E-state index contributed by atoms with van der Waals surface area (Å²) in [5, 5.41) is 12.1. The van der Waals surface area contributed by atoms with Crippen LogP contribution in [-0.4, -0.2) is 22.8 Å². The van der Waals surface area contributed by atoms with Crippen LogP contribution in [0.2, 0.25) is 10.0 Å². The molecule has 0 saturated carbocycles. The Morgan fingerprint density at radius 3 is 2.60 bits per heavy atom. The molecule has 5 rings (SSSR count). The molecule has 2 N–H and O–H groups in total. The zero-order valence-electron chi connectivity index (χ0n) is 19.0. The molecule has 1 aromatic heterocycles. The number of carbonyl (C=O) groups excluding carboxylic acids is 1. The van der Waals surface area contributed by atoms with Gasteiger partial charge in [-0.3, -0.25) is 4.79 Å². The summed E-state index contributed by atoms with van der Waals surface area (Å²) in [6.45, 7) is 1.91. The third kappa shape index (κ3) is 4.63. The van der Waals surface area contributed by atoms with E-state index < -0.39 is 0 Å². The molecule has 0 saturated heterocycles. The van der Waals surface area contributed by atoms with E-state index in [0.717, 1.165) is 28.1 Å². The van der Waals surface area contributed by atoms with E-state index in [0.29, 0.717) is 27.1 Å². The number of nitrogens with one attached hydrogen (secondary N) is 2. The molecule has 176 valence electrons. The summed E-state index contributed by atoms with van der Waals surface area (Å²) < 4.78 is 7.21. The number of methoxy groups -OCH3 is 1. The van der Waals surface area contributed by atoms with E-state index in [1.165, 1.54) is 0 Å². The van der Waals surface area contributed by atoms with Crippen molar-refractivity contribution in [3.8, 4) is 5.75 Å². The maximum absolute atomic E-state index is 13.3. The van der Waals surface area contributed by atoms with Crippen LogP contribution in [0.5, 0.6) is 5.75 Å². The average molecular weight is 505 g/mol. The number of anilines is 2. The molecule has 8 heteroatoms. The molecule has 0 radical (unpaired) electrons. The lowest BCUT2D eigenvalue weighted by Gasteiger charge is -2.26. The highest BCUT2D eigenvalue weighted by molar-refractivity contribution is 6.31. The first-order chi connectivity index (χ1) is 16.9. The largest absolute Gasteiger partial charge is 0.497 e. The molecular formula is C27H22Cl2N4O2. The number of amides is 1. The zero-order chi connectivity index (χ0) is 24.5. The number of rotatable bonds is 5. The monoisotopic (exact) mass is 504 g/mol. The number of hydrogen-bond donors (Lipinski definition) is 2. The van der Waals surface area contributed by atoms with Crippen LogP contribution in [0.25, 0.3) is 5.70 Å². The van der Waals surface area contributed by atoms with Gasteiger partial charge in [-0.2, -0.15) is 5.10 Å². The highest BCUT2D eigenvalue weighted by atomic mass is 35.5. The van der Waals surface area contributed by atoms with Crippen LogP contribution in [0.1, 0.15) is 33.1 Å². The number of hydrogen-bond acceptors (Lipinski definition) is 4. The van der Waals surface area contributed by atoms with E-state index in [9.17, 15) is 4.79 Å². The third-order valence-corrected chi connectivity index (χ3v) is 6.41. The lowest BCUT2D eigenvalue weighted by molar-refractivity contribution is 0.102. The lowest BCUT2D eigenvalue weighted by Crippen LogP contribution is -2.22. The van der Waals surface area contributed by atoms with Gasteiger partial charge in [0, 0.05) is 27.0 Å². The summed E-state index contributed by atoms with van der Waals surface area (Å²) in [6, 6.07) is 20.5. The number of allylic oxidation sites excluding steroid dienone is 1. The van der Waals surface area contributed by atoms with Crippen LogP contribution < -0.4 is 15.4 Å². The number of carbonyl (C=O) groups is 1. The second kappa shape index (κ2) is 9.49. The topological polar surface area (TPSA) is 68.2 Å². The van der Waals surface area contributed by atoms with Crippen LogP contribution in [0.4, 0.5) is 11.5 Å². The average Bonchev–Trinajstić information content (AvgIpc) is 3.30. The quantitative estimate of drug-likeness (QED) is 0.313. The molecule has 0 fully saturated rings. The van der Waals surface area contributed by atoms with Gasteiger partial charge in [0.25, 0.3) is 5.91 Å². The number of aromatic nitrogens is 2. The standard InChI is InChI=1S/C27H22Cl2N4O2/c1-16-6-9-20(29)13-23(16)32-27(34)22-15-30-33-25(17-7-10-19(28)11-8-17)14-24(31-26(22)33)18-4-3-5-21(12-18)35-2/h3-15,25,31H,1-2H3,(H,32,34)/t25-/m0/s1. The van der Waals surface area contributed by atoms with E-state index in [-0.39, 0.29) is 11.9 Å². The molecule has 0 spiro atoms. The van der Waals surface area contributed by atoms with Crippen molar-refractivity contribution in [3.63, 3.8) is 0 Å². The molecule has 2 heterocycles. The van der Waals surface area contributed by atoms with E-state index in [4.69, 9.17) is 27.9 Å². The first-order valence-corrected chi connectivity index (χ1v) is 11.7. The summed E-state index contributed by atoms with van der Waals surface area (Å²) in [5.41, 5.74) is 4.72. The predicted molar refractivity (Wildman–Crippen MR) is 141 cm³/mol. The van der Waals surface area contributed by atoms with Crippen LogP contribution in [0.15, 0.2) is 79.0 Å². The number of halogens is 2. The Balaban J connectivity index is 1.57. The van der Waals surface area contributed by atoms with Crippen molar-refractivity contribution in [2.75, 3.05) is 17.7 Å². The molecule has 35 heavy (non-hydrogen) atoms. The minimum atomic E-state index is -0.286. The zero-order valence-corrected chi connectivity index (χ0v) is 20.6. The molecule has 4 aromatic rings. The Kier molecular flexibility index (Phi) is 6.24. The maximum Gasteiger partial charge on any atom is 0.261 e. The number of ether oxygens (including phenoxy) is 1. The molecule has 0 aliphatic carbocycles. The van der Waals surface area contributed by atoms with Crippen molar-refractivity contribution in [2.24, 2.45) is 0 Å². The summed E-state index contributed by atoms with van der Waals surface area (Å²) in [7, 11) is 1.63. The van der Waals surface area contributed by atoms with Crippen molar-refractivity contribution in [2.45, 2.75) is 13.0 Å². The van der Waals surface area contributed by atoms with Crippen molar-refractivity contribution in [1.82, 2.24) is 9.78 Å². The molecule has 6 nitrogen and oxygen atoms in total. The van der Waals surface area contributed by atoms with Crippen LogP contribution >= 0.6 is 23.2 Å². The number of fused-ring (bicyclic) bond motifs is 1. The van der Waals surface area contributed by atoms with Gasteiger partial charge in [-0.1, -0.05) is 53.5 Å². The fraction of sp³-hybridized carbons (Fsp3) is 0.111. The Morgan fingerprint density at radius 1 is 1.06 bits per heavy atom. The fourth-order valence-corrected chi connectivity index (χ4v) is 4.33. The molecule has 3 aromatic carbocycles. The summed E-state index contributed by atoms with van der Waals surface area (Å²) in [4.78, 5) is 13.3. The first kappa shape index (κ1) is 23.0. The molecule has 1 atom stereocenters. The Labute approximate surface area is 213 Å². The van der Waals surface area contributed by atoms with E-state index >= 15 is 0 Å². The minimum absolute atomic E-state index is 0.251. The highest BCUT2D eigenvalue weighted by Crippen LogP contribution is 2.36. The SMILES string of the molecule is COc1cccc(C2=C[C@@H](c3ccc(Cl)cc3)n3ncc(C(=O)Nc4cc(Cl)ccc4C)c3N2)c1. The van der Waals surface area contributed by atoms with Gasteiger partial charge in [-0.05, 0) is 60.5 Å².